The van der Waals surface area contributed by atoms with E-state index in [9.17, 15) is 4.79 Å². The molecule has 1 amide bonds. The molecule has 35 heavy (non-hydrogen) atoms. The van der Waals surface area contributed by atoms with Crippen molar-refractivity contribution in [1.29, 1.82) is 5.41 Å². The number of benzene rings is 3. The van der Waals surface area contributed by atoms with Crippen molar-refractivity contribution in [2.24, 2.45) is 0 Å². The third-order valence-corrected chi connectivity index (χ3v) is 6.29. The Kier molecular flexibility index (Phi) is 5.97. The Morgan fingerprint density at radius 1 is 1.00 bits per heavy atom. The predicted molar refractivity (Wildman–Crippen MR) is 140 cm³/mol. The van der Waals surface area contributed by atoms with Crippen molar-refractivity contribution in [2.45, 2.75) is 20.4 Å². The summed E-state index contributed by atoms with van der Waals surface area (Å²) in [6.45, 7) is 3.94. The van der Waals surface area contributed by atoms with Gasteiger partial charge in [-0.2, -0.15) is 0 Å². The molecule has 5 rings (SSSR count). The Morgan fingerprint density at radius 3 is 2.40 bits per heavy atom. The minimum absolute atomic E-state index is 0.167. The number of fused-ring (bicyclic) bond motifs is 1. The molecule has 2 N–H and O–H groups in total. The van der Waals surface area contributed by atoms with Crippen LogP contribution in [0.2, 0.25) is 5.02 Å². The number of hydrogen-bond acceptors (Lipinski definition) is 3. The highest BCUT2D eigenvalue weighted by molar-refractivity contribution is 6.31. The highest BCUT2D eigenvalue weighted by Crippen LogP contribution is 2.29. The van der Waals surface area contributed by atoms with Gasteiger partial charge in [0.25, 0.3) is 0 Å². The summed E-state index contributed by atoms with van der Waals surface area (Å²) in [6, 6.07) is 25.7. The first-order valence-corrected chi connectivity index (χ1v) is 11.6. The molecule has 0 bridgehead atoms. The Morgan fingerprint density at radius 2 is 1.69 bits per heavy atom. The van der Waals surface area contributed by atoms with E-state index in [0.29, 0.717) is 23.0 Å². The molecular weight excluding hydrogens is 458 g/mol. The highest BCUT2D eigenvalue weighted by Gasteiger charge is 2.14. The number of pyridine rings is 1. The van der Waals surface area contributed by atoms with Gasteiger partial charge < -0.3 is 9.88 Å². The van der Waals surface area contributed by atoms with Crippen molar-refractivity contribution >= 4 is 34.4 Å². The van der Waals surface area contributed by atoms with Crippen molar-refractivity contribution < 1.29 is 4.79 Å². The molecule has 0 atom stereocenters. The molecule has 0 aliphatic carbocycles. The Bertz CT molecular complexity index is 1620. The minimum Gasteiger partial charge on any atom is -0.310 e. The molecule has 0 aliphatic heterocycles. The molecule has 0 saturated heterocycles. The molecule has 7 heteroatoms. The van der Waals surface area contributed by atoms with Crippen LogP contribution in [-0.2, 0) is 11.3 Å². The van der Waals surface area contributed by atoms with Gasteiger partial charge in [-0.1, -0.05) is 54.1 Å². The number of imidazole rings is 1. The summed E-state index contributed by atoms with van der Waals surface area (Å²) in [4.78, 5) is 16.1. The lowest BCUT2D eigenvalue weighted by Gasteiger charge is -2.11. The van der Waals surface area contributed by atoms with Crippen LogP contribution in [0.1, 0.15) is 18.1 Å². The summed E-state index contributed by atoms with van der Waals surface area (Å²) in [7, 11) is 0. The first kappa shape index (κ1) is 22.6. The lowest BCUT2D eigenvalue weighted by atomic mass is 10.0. The third kappa shape index (κ3) is 4.36. The van der Waals surface area contributed by atoms with Gasteiger partial charge in [0.05, 0.1) is 17.6 Å². The first-order chi connectivity index (χ1) is 16.9. The van der Waals surface area contributed by atoms with Crippen LogP contribution >= 0.6 is 11.6 Å². The lowest BCUT2D eigenvalue weighted by Crippen LogP contribution is -2.24. The maximum Gasteiger partial charge on any atom is 0.222 e. The summed E-state index contributed by atoms with van der Waals surface area (Å²) in [5, 5.41) is 12.5. The number of amides is 1. The summed E-state index contributed by atoms with van der Waals surface area (Å²) in [5.41, 5.74) is 6.87. The number of hydrogen-bond donors (Lipinski definition) is 2. The summed E-state index contributed by atoms with van der Waals surface area (Å²) in [6.07, 6.45) is 1.74. The van der Waals surface area contributed by atoms with Gasteiger partial charge in [-0.25, -0.2) is 4.98 Å². The number of rotatable bonds is 5. The maximum absolute atomic E-state index is 11.7. The molecule has 2 heterocycles. The van der Waals surface area contributed by atoms with E-state index in [1.807, 2.05) is 94.9 Å². The van der Waals surface area contributed by atoms with Gasteiger partial charge in [0.2, 0.25) is 11.5 Å². The smallest absolute Gasteiger partial charge is 0.222 e. The number of nitrogens with one attached hydrogen (secondary N) is 2. The van der Waals surface area contributed by atoms with Crippen molar-refractivity contribution in [3.8, 4) is 16.8 Å². The molecule has 0 spiro atoms. The van der Waals surface area contributed by atoms with Crippen LogP contribution in [0.25, 0.3) is 27.8 Å². The summed E-state index contributed by atoms with van der Waals surface area (Å²) >= 11 is 6.42. The molecule has 2 aromatic heterocycles. The van der Waals surface area contributed by atoms with E-state index < -0.39 is 0 Å². The number of aryl methyl sites for hydroxylation is 1. The molecule has 174 valence electrons. The van der Waals surface area contributed by atoms with Gasteiger partial charge >= 0.3 is 0 Å². The normalized spacial score (nSPS) is 11.1. The molecule has 0 unspecified atom stereocenters. The maximum atomic E-state index is 11.7. The largest absolute Gasteiger partial charge is 0.310 e. The van der Waals surface area contributed by atoms with Crippen molar-refractivity contribution in [3.05, 3.63) is 107 Å². The van der Waals surface area contributed by atoms with Crippen LogP contribution in [0.4, 0.5) is 5.82 Å². The zero-order chi connectivity index (χ0) is 24.5. The van der Waals surface area contributed by atoms with E-state index >= 15 is 0 Å². The molecule has 0 aliphatic rings. The Balaban J connectivity index is 1.60. The molecular formula is C28H24ClN5O. The van der Waals surface area contributed by atoms with Gasteiger partial charge in [0.1, 0.15) is 5.82 Å². The van der Waals surface area contributed by atoms with Gasteiger partial charge in [-0.05, 0) is 60.0 Å². The predicted octanol–water partition coefficient (Wildman–Crippen LogP) is 5.94. The topological polar surface area (TPSA) is 75.7 Å². The van der Waals surface area contributed by atoms with E-state index in [2.05, 4.69) is 10.3 Å². The fourth-order valence-corrected chi connectivity index (χ4v) is 4.49. The van der Waals surface area contributed by atoms with E-state index in [0.717, 1.165) is 39.0 Å². The molecule has 6 nitrogen and oxygen atoms in total. The molecule has 3 aromatic carbocycles. The van der Waals surface area contributed by atoms with Gasteiger partial charge in [0, 0.05) is 29.4 Å². The lowest BCUT2D eigenvalue weighted by molar-refractivity contribution is -0.114. The monoisotopic (exact) mass is 481 g/mol. The van der Waals surface area contributed by atoms with E-state index in [-0.39, 0.29) is 5.91 Å². The van der Waals surface area contributed by atoms with Crippen LogP contribution in [0.5, 0.6) is 0 Å². The van der Waals surface area contributed by atoms with Crippen LogP contribution in [0.3, 0.4) is 0 Å². The summed E-state index contributed by atoms with van der Waals surface area (Å²) < 4.78 is 3.89. The zero-order valence-corrected chi connectivity index (χ0v) is 20.2. The van der Waals surface area contributed by atoms with Gasteiger partial charge in [-0.3, -0.25) is 14.8 Å². The quantitative estimate of drug-likeness (QED) is 0.326. The van der Waals surface area contributed by atoms with Crippen molar-refractivity contribution in [2.75, 3.05) is 5.32 Å². The van der Waals surface area contributed by atoms with E-state index in [4.69, 9.17) is 17.0 Å². The second-order valence-corrected chi connectivity index (χ2v) is 8.87. The number of halogens is 1. The van der Waals surface area contributed by atoms with Crippen LogP contribution in [0.15, 0.2) is 85.1 Å². The van der Waals surface area contributed by atoms with Gasteiger partial charge in [0.15, 0.2) is 0 Å². The second-order valence-electron chi connectivity index (χ2n) is 8.46. The minimum atomic E-state index is -0.167. The van der Waals surface area contributed by atoms with Crippen molar-refractivity contribution in [1.82, 2.24) is 14.1 Å². The standard InChI is InChI=1S/C28H24ClN5O/c1-18-15-23(27(31-16-18)32-19(2)35)20-11-13-22(14-12-20)34-26-10-6-5-9-25(26)33(28(34)30)17-21-7-3-4-8-24(21)29/h3-16,30H,17H2,1-2H3,(H,31,32,35). The van der Waals surface area contributed by atoms with E-state index in [1.54, 1.807) is 6.20 Å². The second kappa shape index (κ2) is 9.24. The fraction of sp³-hybridized carbons (Fsp3) is 0.107. The molecule has 5 aromatic rings. The Hall–Kier alpha value is -4.16. The fourth-order valence-electron chi connectivity index (χ4n) is 4.29. The Labute approximate surface area is 208 Å². The van der Waals surface area contributed by atoms with Crippen molar-refractivity contribution in [3.63, 3.8) is 0 Å². The molecule has 0 radical (unpaired) electrons. The third-order valence-electron chi connectivity index (χ3n) is 5.92. The number of para-hydroxylation sites is 2. The highest BCUT2D eigenvalue weighted by atomic mass is 35.5. The van der Waals surface area contributed by atoms with Crippen LogP contribution < -0.4 is 10.9 Å². The number of aromatic nitrogens is 3. The average molecular weight is 482 g/mol. The summed E-state index contributed by atoms with van der Waals surface area (Å²) in [5.74, 6) is 0.362. The molecule has 0 fully saturated rings. The number of carbonyl (C=O) groups is 1. The van der Waals surface area contributed by atoms with Crippen LogP contribution in [0, 0.1) is 12.3 Å². The van der Waals surface area contributed by atoms with Crippen LogP contribution in [-0.4, -0.2) is 20.0 Å². The van der Waals surface area contributed by atoms with E-state index in [1.165, 1.54) is 6.92 Å². The first-order valence-electron chi connectivity index (χ1n) is 11.3. The SMILES string of the molecule is CC(=O)Nc1ncc(C)cc1-c1ccc(-n2c(=N)n(Cc3ccccc3Cl)c3ccccc32)cc1. The number of carbonyl (C=O) groups excluding carboxylic acids is 1. The zero-order valence-electron chi connectivity index (χ0n) is 19.4. The molecule has 0 saturated carbocycles. The average Bonchev–Trinajstić information content (AvgIpc) is 3.13. The number of anilines is 1. The number of nitrogens with zero attached hydrogens (tertiary/aromatic N) is 3. The van der Waals surface area contributed by atoms with Gasteiger partial charge in [-0.15, -0.1) is 0 Å².